The van der Waals surface area contributed by atoms with E-state index in [2.05, 4.69) is 45.1 Å². The molecule has 0 heterocycles. The van der Waals surface area contributed by atoms with Gasteiger partial charge in [-0.2, -0.15) is 0 Å². The summed E-state index contributed by atoms with van der Waals surface area (Å²) in [5.74, 6) is 0.946. The van der Waals surface area contributed by atoms with E-state index >= 15 is 0 Å². The van der Waals surface area contributed by atoms with Gasteiger partial charge in [0.1, 0.15) is 0 Å². The summed E-state index contributed by atoms with van der Waals surface area (Å²) in [7, 11) is 4.58. The Hall–Kier alpha value is -0.0800. The molecule has 0 aromatic carbocycles. The monoisotopic (exact) mass is 292 g/mol. The molecule has 21 heavy (non-hydrogen) atoms. The minimum Gasteiger partial charge on any atom is -0.311 e. The molecule has 3 unspecified atom stereocenters. The second-order valence-corrected chi connectivity index (χ2v) is 9.41. The molecule has 3 saturated carbocycles. The first-order valence-electron chi connectivity index (χ1n) is 9.21. The van der Waals surface area contributed by atoms with Crippen molar-refractivity contribution in [2.24, 2.45) is 16.7 Å². The Kier molecular flexibility index (Phi) is 3.94. The molecule has 3 rings (SSSR count). The van der Waals surface area contributed by atoms with Gasteiger partial charge in [0.2, 0.25) is 0 Å². The summed E-state index contributed by atoms with van der Waals surface area (Å²) in [5, 5.41) is 4.09. The Morgan fingerprint density at radius 3 is 2.19 bits per heavy atom. The number of nitrogens with one attached hydrogen (secondary N) is 1. The van der Waals surface area contributed by atoms with E-state index in [1.807, 2.05) is 0 Å². The van der Waals surface area contributed by atoms with E-state index in [9.17, 15) is 0 Å². The van der Waals surface area contributed by atoms with E-state index in [-0.39, 0.29) is 0 Å². The van der Waals surface area contributed by atoms with Crippen LogP contribution in [0.3, 0.4) is 0 Å². The molecule has 3 aliphatic carbocycles. The molecule has 2 nitrogen and oxygen atoms in total. The summed E-state index contributed by atoms with van der Waals surface area (Å²) in [4.78, 5) is 2.52. The molecule has 3 aliphatic rings. The van der Waals surface area contributed by atoms with E-state index in [4.69, 9.17) is 0 Å². The van der Waals surface area contributed by atoms with Crippen LogP contribution in [0.25, 0.3) is 0 Å². The fourth-order valence-corrected chi connectivity index (χ4v) is 6.10. The van der Waals surface area contributed by atoms with Crippen LogP contribution in [0.1, 0.15) is 72.1 Å². The summed E-state index contributed by atoms with van der Waals surface area (Å²) in [6, 6.07) is 0.711. The lowest BCUT2D eigenvalue weighted by molar-refractivity contribution is 0.0592. The van der Waals surface area contributed by atoms with Crippen LogP contribution in [0.4, 0.5) is 0 Å². The standard InChI is InChI=1S/C19H36N2/c1-17(2)15-9-12-18(3,13-15)16(17)20-14-19(21(4)5)10-7-6-8-11-19/h15-16,20H,6-14H2,1-5H3. The first kappa shape index (κ1) is 15.8. The van der Waals surface area contributed by atoms with Crippen molar-refractivity contribution in [1.82, 2.24) is 10.2 Å². The van der Waals surface area contributed by atoms with Crippen LogP contribution in [0.5, 0.6) is 0 Å². The van der Waals surface area contributed by atoms with Crippen molar-refractivity contribution in [3.05, 3.63) is 0 Å². The summed E-state index contributed by atoms with van der Waals surface area (Å²) >= 11 is 0. The second kappa shape index (κ2) is 5.23. The molecule has 3 fully saturated rings. The van der Waals surface area contributed by atoms with E-state index in [0.29, 0.717) is 22.4 Å². The van der Waals surface area contributed by atoms with Gasteiger partial charge in [0.25, 0.3) is 0 Å². The number of nitrogens with zero attached hydrogens (tertiary/aromatic N) is 1. The fraction of sp³-hybridized carbons (Fsp3) is 1.00. The predicted octanol–water partition coefficient (Wildman–Crippen LogP) is 4.06. The van der Waals surface area contributed by atoms with Crippen molar-refractivity contribution >= 4 is 0 Å². The molecular weight excluding hydrogens is 256 g/mol. The van der Waals surface area contributed by atoms with Crippen LogP contribution in [0.2, 0.25) is 0 Å². The Bertz CT molecular complexity index is 376. The Morgan fingerprint density at radius 1 is 1.00 bits per heavy atom. The zero-order chi connectivity index (χ0) is 15.3. The lowest BCUT2D eigenvalue weighted by Gasteiger charge is -2.48. The first-order chi connectivity index (χ1) is 9.80. The summed E-state index contributed by atoms with van der Waals surface area (Å²) in [6.45, 7) is 8.77. The topological polar surface area (TPSA) is 15.3 Å². The van der Waals surface area contributed by atoms with Gasteiger partial charge in [-0.1, -0.05) is 40.0 Å². The maximum Gasteiger partial charge on any atom is 0.0327 e. The maximum absolute atomic E-state index is 4.09. The van der Waals surface area contributed by atoms with Crippen LogP contribution >= 0.6 is 0 Å². The smallest absolute Gasteiger partial charge is 0.0327 e. The van der Waals surface area contributed by atoms with Gasteiger partial charge in [0.05, 0.1) is 0 Å². The van der Waals surface area contributed by atoms with Gasteiger partial charge in [-0.3, -0.25) is 0 Å². The molecule has 122 valence electrons. The third kappa shape index (κ3) is 2.47. The zero-order valence-corrected chi connectivity index (χ0v) is 15.0. The minimum atomic E-state index is 0.409. The normalized spacial score (nSPS) is 40.9. The van der Waals surface area contributed by atoms with Crippen molar-refractivity contribution in [2.75, 3.05) is 20.6 Å². The van der Waals surface area contributed by atoms with Gasteiger partial charge in [0, 0.05) is 18.1 Å². The molecule has 0 aromatic heterocycles. The van der Waals surface area contributed by atoms with Gasteiger partial charge >= 0.3 is 0 Å². The zero-order valence-electron chi connectivity index (χ0n) is 15.0. The molecular formula is C19H36N2. The highest BCUT2D eigenvalue weighted by molar-refractivity contribution is 5.12. The quantitative estimate of drug-likeness (QED) is 0.841. The third-order valence-corrected chi connectivity index (χ3v) is 7.64. The summed E-state index contributed by atoms with van der Waals surface area (Å²) < 4.78 is 0. The second-order valence-electron chi connectivity index (χ2n) is 9.41. The number of hydrogen-bond acceptors (Lipinski definition) is 2. The lowest BCUT2D eigenvalue weighted by Crippen LogP contribution is -2.59. The highest BCUT2D eigenvalue weighted by Crippen LogP contribution is 2.62. The van der Waals surface area contributed by atoms with Crippen molar-refractivity contribution < 1.29 is 0 Å². The van der Waals surface area contributed by atoms with Crippen molar-refractivity contribution in [3.8, 4) is 0 Å². The van der Waals surface area contributed by atoms with Gasteiger partial charge in [0.15, 0.2) is 0 Å². The average molecular weight is 293 g/mol. The molecule has 0 aliphatic heterocycles. The van der Waals surface area contributed by atoms with Crippen molar-refractivity contribution in [3.63, 3.8) is 0 Å². The number of fused-ring (bicyclic) bond motifs is 2. The van der Waals surface area contributed by atoms with Crippen LogP contribution < -0.4 is 5.32 Å². The number of hydrogen-bond donors (Lipinski definition) is 1. The van der Waals surface area contributed by atoms with Gasteiger partial charge in [-0.25, -0.2) is 0 Å². The van der Waals surface area contributed by atoms with E-state index in [1.165, 1.54) is 57.9 Å². The molecule has 1 N–H and O–H groups in total. The highest BCUT2D eigenvalue weighted by atomic mass is 15.2. The van der Waals surface area contributed by atoms with E-state index in [0.717, 1.165) is 5.92 Å². The molecule has 0 saturated heterocycles. The molecule has 2 bridgehead atoms. The van der Waals surface area contributed by atoms with E-state index < -0.39 is 0 Å². The van der Waals surface area contributed by atoms with Gasteiger partial charge < -0.3 is 10.2 Å². The van der Waals surface area contributed by atoms with Crippen LogP contribution in [0.15, 0.2) is 0 Å². The molecule has 0 radical (unpaired) electrons. The first-order valence-corrected chi connectivity index (χ1v) is 9.21. The van der Waals surface area contributed by atoms with Crippen molar-refractivity contribution in [1.29, 1.82) is 0 Å². The molecule has 0 aromatic rings. The third-order valence-electron chi connectivity index (χ3n) is 7.64. The summed E-state index contributed by atoms with van der Waals surface area (Å²) in [6.07, 6.45) is 11.4. The number of likely N-dealkylation sites (N-methyl/N-ethyl adjacent to an activating group) is 1. The Labute approximate surface area is 132 Å². The lowest BCUT2D eigenvalue weighted by atomic mass is 9.68. The van der Waals surface area contributed by atoms with Gasteiger partial charge in [-0.05, 0) is 62.9 Å². The van der Waals surface area contributed by atoms with E-state index in [1.54, 1.807) is 0 Å². The largest absolute Gasteiger partial charge is 0.311 e. The van der Waals surface area contributed by atoms with Gasteiger partial charge in [-0.15, -0.1) is 0 Å². The highest BCUT2D eigenvalue weighted by Gasteiger charge is 2.59. The molecule has 0 spiro atoms. The van der Waals surface area contributed by atoms with Crippen LogP contribution in [-0.4, -0.2) is 37.1 Å². The average Bonchev–Trinajstić information content (AvgIpc) is 2.90. The summed E-state index contributed by atoms with van der Waals surface area (Å²) in [5.41, 5.74) is 1.44. The fourth-order valence-electron chi connectivity index (χ4n) is 6.10. The number of rotatable bonds is 4. The minimum absolute atomic E-state index is 0.409. The Morgan fingerprint density at radius 2 is 1.67 bits per heavy atom. The SMILES string of the molecule is CN(C)C1(CNC2C3(C)CCC(C3)C2(C)C)CCCCC1. The maximum atomic E-state index is 4.09. The molecule has 2 heteroatoms. The van der Waals surface area contributed by atoms with Crippen LogP contribution in [0, 0.1) is 16.7 Å². The predicted molar refractivity (Wildman–Crippen MR) is 90.5 cm³/mol. The van der Waals surface area contributed by atoms with Crippen LogP contribution in [-0.2, 0) is 0 Å². The molecule has 3 atom stereocenters. The van der Waals surface area contributed by atoms with Crippen molar-refractivity contribution in [2.45, 2.75) is 83.7 Å². The molecule has 0 amide bonds. The Balaban J connectivity index is 1.71.